The number of methoxy groups -OCH3 is 4. The maximum Gasteiger partial charge on any atom is 0.305 e. The maximum atomic E-state index is 14.0. The Bertz CT molecular complexity index is 4330. The normalized spacial score (nSPS) is 13.8. The van der Waals surface area contributed by atoms with Crippen LogP contribution in [0.15, 0.2) is 137 Å². The molecule has 0 spiro atoms. The molecule has 7 aromatic rings. The molecule has 4 aliphatic heterocycles. The van der Waals surface area contributed by atoms with Gasteiger partial charge in [0.05, 0.1) is 89.1 Å². The number of para-hydroxylation sites is 2. The average Bonchev–Trinajstić information content (AvgIpc) is 1.61. The van der Waals surface area contributed by atoms with Crippen LogP contribution in [0.1, 0.15) is 146 Å². The number of benzene rings is 7. The summed E-state index contributed by atoms with van der Waals surface area (Å²) in [7, 11) is 8.07. The molecule has 2 atom stereocenters. The molecule has 0 fully saturated rings. The van der Waals surface area contributed by atoms with Gasteiger partial charge in [0.2, 0.25) is 0 Å². The van der Waals surface area contributed by atoms with Gasteiger partial charge in [-0.15, -0.1) is 0 Å². The van der Waals surface area contributed by atoms with Gasteiger partial charge in [-0.3, -0.25) is 47.9 Å². The highest BCUT2D eigenvalue weighted by Gasteiger charge is 2.38. The van der Waals surface area contributed by atoms with Gasteiger partial charge in [0.25, 0.3) is 21.9 Å². The number of hydrogen-bond donors (Lipinski definition) is 2. The molecule has 2 N–H and O–H groups in total. The van der Waals surface area contributed by atoms with Crippen LogP contribution in [0.3, 0.4) is 0 Å². The third-order valence-electron chi connectivity index (χ3n) is 18.0. The van der Waals surface area contributed by atoms with Crippen LogP contribution in [-0.4, -0.2) is 148 Å². The average molecular weight is 1480 g/mol. The molecule has 0 unspecified atom stereocenters. The Balaban J connectivity index is 0.000000362. The fraction of sp³-hybridized carbons (Fsp3) is 0.402. The van der Waals surface area contributed by atoms with Crippen molar-refractivity contribution in [2.75, 3.05) is 100.0 Å². The van der Waals surface area contributed by atoms with Crippen molar-refractivity contribution in [3.63, 3.8) is 0 Å². The lowest BCUT2D eigenvalue weighted by molar-refractivity contribution is -0.141. The number of rotatable bonds is 28. The summed E-state index contributed by atoms with van der Waals surface area (Å²) >= 11 is 0. The molecule has 11 rings (SSSR count). The SMILES string of the molecule is C.C.C.C.CCc1cc(COS(C)(=O)=O)cc(N(C)CCCC(=O)OC)c1.COC(=O)CCCN(C)c1cc(CO)cc(CO)c1.COC(=O)CCCN(C)c1cc(COc2cc3c(cc2C)C(=O)N2c4ccccc4C[C@H]2C=N3)cc(COc2cc3c(cc2OC)C(=O)N2c4ccccc4C[C@H]2C=N3)c1. The number of carbonyl (C=O) groups excluding carboxylic acids is 5. The number of aliphatic hydroxyl groups excluding tert-OH is 2. The molecule has 0 saturated heterocycles. The van der Waals surface area contributed by atoms with Crippen LogP contribution in [0.25, 0.3) is 0 Å². The number of aliphatic imine (C=N–C) groups is 2. The summed E-state index contributed by atoms with van der Waals surface area (Å²) in [6.45, 7) is 6.32. The van der Waals surface area contributed by atoms with E-state index in [1.165, 1.54) is 21.3 Å². The van der Waals surface area contributed by atoms with Gasteiger partial charge >= 0.3 is 17.9 Å². The zero-order chi connectivity index (χ0) is 73.2. The van der Waals surface area contributed by atoms with Crippen LogP contribution in [0.2, 0.25) is 0 Å². The highest BCUT2D eigenvalue weighted by atomic mass is 32.2. The van der Waals surface area contributed by atoms with E-state index in [1.807, 2.05) is 158 Å². The molecule has 106 heavy (non-hydrogen) atoms. The molecule has 0 aromatic heterocycles. The minimum Gasteiger partial charge on any atom is -0.493 e. The standard InChI is InChI=1S/C48H45N5O7.C16H25NO5S.C14H21NO4.4CH4/c1-29-16-37-39(49-25-35-20-32-10-5-7-12-41(32)52(35)47(37)55)23-43(29)59-27-30-17-31(19-34(18-30)51(2)15-9-14-46(54)58-4)28-60-45-24-40-38(22-44(45)57-3)48(56)53-36(26-50-40)21-33-11-6-8-13-42(33)53;1-5-13-9-14(12-22-23(4,19)20)11-15(10-13)17(2)8-6-7-16(18)21-3;1-15(5-3-4-14(18)19-2)13-7-11(9-16)6-12(8-13)10-17;;;;/h5-8,10-13,16-19,22-26,35-36H,9,14-15,20-21,27-28H2,1-4H3;9-11H,5-8,12H2,1-4H3;6-8,16-17H,3-5,9-10H2,1-2H3;4*1H4/t35-,36-;;;;;;/m0....../s1. The van der Waals surface area contributed by atoms with E-state index in [9.17, 15) is 42.6 Å². The number of carbonyl (C=O) groups is 5. The predicted octanol–water partition coefficient (Wildman–Crippen LogP) is 13.8. The lowest BCUT2D eigenvalue weighted by Gasteiger charge is -2.23. The van der Waals surface area contributed by atoms with E-state index in [1.54, 1.807) is 25.3 Å². The Kier molecular flexibility index (Phi) is 33.0. The quantitative estimate of drug-likeness (QED) is 0.0262. The lowest BCUT2D eigenvalue weighted by Crippen LogP contribution is -2.37. The number of aliphatic hydroxyl groups is 2. The third-order valence-corrected chi connectivity index (χ3v) is 18.6. The fourth-order valence-electron chi connectivity index (χ4n) is 12.5. The molecular weight excluding hydrogens is 1370 g/mol. The van der Waals surface area contributed by atoms with Crippen LogP contribution in [0.5, 0.6) is 17.2 Å². The van der Waals surface area contributed by atoms with E-state index in [2.05, 4.69) is 32.6 Å². The second kappa shape index (κ2) is 40.4. The van der Waals surface area contributed by atoms with Crippen LogP contribution in [-0.2, 0) is 95.2 Å². The van der Waals surface area contributed by atoms with Gasteiger partial charge in [-0.25, -0.2) is 0 Å². The number of hydrogen-bond acceptors (Lipinski definition) is 21. The predicted molar refractivity (Wildman–Crippen MR) is 421 cm³/mol. The Morgan fingerprint density at radius 1 is 0.509 bits per heavy atom. The molecule has 4 aliphatic rings. The molecular formula is C82H107N7O16S. The monoisotopic (exact) mass is 1480 g/mol. The molecule has 572 valence electrons. The minimum absolute atomic E-state index is 0. The Morgan fingerprint density at radius 2 is 0.887 bits per heavy atom. The molecule has 0 aliphatic carbocycles. The van der Waals surface area contributed by atoms with Gasteiger partial charge in [-0.2, -0.15) is 8.42 Å². The van der Waals surface area contributed by atoms with Crippen molar-refractivity contribution in [3.05, 3.63) is 189 Å². The summed E-state index contributed by atoms with van der Waals surface area (Å²) in [6.07, 6.45) is 10.1. The number of aryl methyl sites for hydroxylation is 2. The first-order valence-corrected chi connectivity index (χ1v) is 35.7. The number of anilines is 5. The van der Waals surface area contributed by atoms with E-state index in [-0.39, 0.29) is 105 Å². The van der Waals surface area contributed by atoms with Crippen molar-refractivity contribution < 1.29 is 75.2 Å². The Morgan fingerprint density at radius 3 is 1.30 bits per heavy atom. The molecule has 24 heteroatoms. The van der Waals surface area contributed by atoms with Crippen LogP contribution >= 0.6 is 0 Å². The molecule has 7 aromatic carbocycles. The minimum atomic E-state index is -3.47. The molecule has 0 radical (unpaired) electrons. The second-order valence-electron chi connectivity index (χ2n) is 25.4. The highest BCUT2D eigenvalue weighted by Crippen LogP contribution is 2.43. The molecule has 0 saturated carbocycles. The zero-order valence-electron chi connectivity index (χ0n) is 59.6. The van der Waals surface area contributed by atoms with Gasteiger partial charge in [-0.05, 0) is 149 Å². The number of amides is 2. The maximum absolute atomic E-state index is 14.0. The number of fused-ring (bicyclic) bond motifs is 8. The van der Waals surface area contributed by atoms with Crippen LogP contribution in [0, 0.1) is 6.92 Å². The first-order valence-electron chi connectivity index (χ1n) is 33.9. The van der Waals surface area contributed by atoms with E-state index in [0.717, 1.165) is 97.6 Å². The third kappa shape index (κ3) is 22.5. The van der Waals surface area contributed by atoms with E-state index < -0.39 is 10.1 Å². The van der Waals surface area contributed by atoms with Crippen molar-refractivity contribution in [3.8, 4) is 17.2 Å². The van der Waals surface area contributed by atoms with Crippen molar-refractivity contribution in [1.29, 1.82) is 0 Å². The van der Waals surface area contributed by atoms with Gasteiger partial charge in [0.15, 0.2) is 11.5 Å². The summed E-state index contributed by atoms with van der Waals surface area (Å²) in [4.78, 5) is 81.2. The van der Waals surface area contributed by atoms with Gasteiger partial charge in [0.1, 0.15) is 19.0 Å². The Labute approximate surface area is 626 Å². The van der Waals surface area contributed by atoms with Gasteiger partial charge < -0.3 is 53.3 Å². The Hall–Kier alpha value is -10.1. The summed E-state index contributed by atoms with van der Waals surface area (Å²) in [5.41, 5.74) is 15.0. The van der Waals surface area contributed by atoms with E-state index in [4.69, 9.17) is 33.1 Å². The van der Waals surface area contributed by atoms with E-state index in [0.29, 0.717) is 104 Å². The van der Waals surface area contributed by atoms with Crippen molar-refractivity contribution in [1.82, 2.24) is 0 Å². The van der Waals surface area contributed by atoms with Crippen molar-refractivity contribution in [2.45, 2.75) is 146 Å². The number of ether oxygens (including phenoxy) is 6. The van der Waals surface area contributed by atoms with Crippen LogP contribution < -0.4 is 38.7 Å². The topological polar surface area (TPSA) is 265 Å². The smallest absolute Gasteiger partial charge is 0.305 e. The van der Waals surface area contributed by atoms with E-state index >= 15 is 0 Å². The summed E-state index contributed by atoms with van der Waals surface area (Å²) in [5.74, 6) is 0.615. The highest BCUT2D eigenvalue weighted by molar-refractivity contribution is 7.85. The summed E-state index contributed by atoms with van der Waals surface area (Å²) < 4.78 is 59.9. The number of nitrogens with zero attached hydrogens (tertiary/aromatic N) is 7. The zero-order valence-corrected chi connectivity index (χ0v) is 60.4. The van der Waals surface area contributed by atoms with Crippen molar-refractivity contribution >= 4 is 92.1 Å². The molecule has 4 heterocycles. The number of esters is 3. The summed E-state index contributed by atoms with van der Waals surface area (Å²) in [6, 6.07) is 40.4. The first-order chi connectivity index (χ1) is 49.0. The fourth-order valence-corrected chi connectivity index (χ4v) is 12.8. The first kappa shape index (κ1) is 86.5. The van der Waals surface area contributed by atoms with Gasteiger partial charge in [0, 0.05) is 126 Å². The molecule has 2 amide bonds. The van der Waals surface area contributed by atoms with Gasteiger partial charge in [-0.1, -0.05) is 85.2 Å². The summed E-state index contributed by atoms with van der Waals surface area (Å²) in [5, 5.41) is 18.4. The lowest BCUT2D eigenvalue weighted by atomic mass is 10.1. The largest absolute Gasteiger partial charge is 0.493 e. The molecule has 0 bridgehead atoms. The second-order valence-corrected chi connectivity index (χ2v) is 27.0. The molecule has 23 nitrogen and oxygen atoms in total. The van der Waals surface area contributed by atoms with Crippen LogP contribution in [0.4, 0.5) is 39.8 Å². The van der Waals surface area contributed by atoms with Crippen molar-refractivity contribution in [2.24, 2.45) is 9.98 Å².